The SMILES string of the molecule is COc1ccc(C/C(C)=N\NC(=O)c2cccc(S(=O)(=O)N(C)C)c2)cc1OC. The number of ether oxygens (including phenoxy) is 2. The maximum atomic E-state index is 12.4. The summed E-state index contributed by atoms with van der Waals surface area (Å²) in [5.74, 6) is 0.750. The van der Waals surface area contributed by atoms with Crippen LogP contribution >= 0.6 is 0 Å². The summed E-state index contributed by atoms with van der Waals surface area (Å²) in [6, 6.07) is 11.3. The molecule has 0 aliphatic carbocycles. The number of nitrogens with zero attached hydrogens (tertiary/aromatic N) is 2. The molecule has 0 aliphatic heterocycles. The summed E-state index contributed by atoms with van der Waals surface area (Å²) in [5, 5.41) is 4.11. The van der Waals surface area contributed by atoms with Crippen molar-refractivity contribution in [3.63, 3.8) is 0 Å². The molecule has 8 nitrogen and oxygen atoms in total. The lowest BCUT2D eigenvalue weighted by Crippen LogP contribution is -2.23. The Morgan fingerprint density at radius 2 is 1.76 bits per heavy atom. The average Bonchev–Trinajstić information content (AvgIpc) is 2.71. The molecule has 2 aromatic rings. The minimum Gasteiger partial charge on any atom is -0.493 e. The minimum atomic E-state index is -3.62. The summed E-state index contributed by atoms with van der Waals surface area (Å²) < 4.78 is 36.0. The van der Waals surface area contributed by atoms with E-state index in [4.69, 9.17) is 9.47 Å². The predicted molar refractivity (Wildman–Crippen MR) is 111 cm³/mol. The molecular formula is C20H25N3O5S. The van der Waals surface area contributed by atoms with Gasteiger partial charge in [-0.15, -0.1) is 0 Å². The van der Waals surface area contributed by atoms with Gasteiger partial charge in [0.2, 0.25) is 10.0 Å². The monoisotopic (exact) mass is 419 g/mol. The molecule has 156 valence electrons. The van der Waals surface area contributed by atoms with Crippen molar-refractivity contribution in [3.05, 3.63) is 53.6 Å². The van der Waals surface area contributed by atoms with Crippen molar-refractivity contribution >= 4 is 21.6 Å². The molecule has 0 heterocycles. The number of nitrogens with one attached hydrogen (secondary N) is 1. The Bertz CT molecular complexity index is 1020. The Labute approximate surface area is 171 Å². The fraction of sp³-hybridized carbons (Fsp3) is 0.300. The van der Waals surface area contributed by atoms with Crippen LogP contribution in [0.3, 0.4) is 0 Å². The Hall–Kier alpha value is -2.91. The van der Waals surface area contributed by atoms with Crippen LogP contribution in [0.25, 0.3) is 0 Å². The molecule has 0 saturated carbocycles. The van der Waals surface area contributed by atoms with Gasteiger partial charge in [-0.1, -0.05) is 12.1 Å². The summed E-state index contributed by atoms with van der Waals surface area (Å²) in [6.45, 7) is 1.78. The number of sulfonamides is 1. The van der Waals surface area contributed by atoms with Crippen LogP contribution in [0, 0.1) is 0 Å². The molecule has 0 aliphatic rings. The molecule has 0 unspecified atom stereocenters. The zero-order valence-corrected chi connectivity index (χ0v) is 17.9. The lowest BCUT2D eigenvalue weighted by atomic mass is 10.1. The Balaban J connectivity index is 2.11. The fourth-order valence-corrected chi connectivity index (χ4v) is 3.49. The number of benzene rings is 2. The summed E-state index contributed by atoms with van der Waals surface area (Å²) in [7, 11) is 2.38. The van der Waals surface area contributed by atoms with E-state index in [2.05, 4.69) is 10.5 Å². The van der Waals surface area contributed by atoms with Crippen LogP contribution in [-0.2, 0) is 16.4 Å². The van der Waals surface area contributed by atoms with Gasteiger partial charge < -0.3 is 9.47 Å². The maximum absolute atomic E-state index is 12.4. The average molecular weight is 420 g/mol. The molecule has 1 amide bonds. The largest absolute Gasteiger partial charge is 0.493 e. The minimum absolute atomic E-state index is 0.0428. The van der Waals surface area contributed by atoms with Crippen LogP contribution in [0.5, 0.6) is 11.5 Å². The van der Waals surface area contributed by atoms with E-state index >= 15 is 0 Å². The van der Waals surface area contributed by atoms with Crippen molar-refractivity contribution < 1.29 is 22.7 Å². The van der Waals surface area contributed by atoms with Crippen LogP contribution in [0.2, 0.25) is 0 Å². The fourth-order valence-electron chi connectivity index (χ4n) is 2.54. The summed E-state index contributed by atoms with van der Waals surface area (Å²) >= 11 is 0. The molecule has 0 atom stereocenters. The lowest BCUT2D eigenvalue weighted by Gasteiger charge is -2.12. The second-order valence-corrected chi connectivity index (χ2v) is 8.62. The first kappa shape index (κ1) is 22.4. The van der Waals surface area contributed by atoms with Crippen LogP contribution in [0.1, 0.15) is 22.8 Å². The first-order chi connectivity index (χ1) is 13.7. The van der Waals surface area contributed by atoms with E-state index in [0.717, 1.165) is 9.87 Å². The summed E-state index contributed by atoms with van der Waals surface area (Å²) in [4.78, 5) is 12.4. The number of hydrogen-bond acceptors (Lipinski definition) is 6. The molecule has 0 radical (unpaired) electrons. The van der Waals surface area contributed by atoms with Gasteiger partial charge in [0.1, 0.15) is 0 Å². The second kappa shape index (κ2) is 9.53. The molecule has 9 heteroatoms. The van der Waals surface area contributed by atoms with E-state index in [1.165, 1.54) is 38.4 Å². The summed E-state index contributed by atoms with van der Waals surface area (Å²) in [5.41, 5.74) is 4.28. The van der Waals surface area contributed by atoms with Crippen molar-refractivity contribution in [2.24, 2.45) is 5.10 Å². The summed E-state index contributed by atoms with van der Waals surface area (Å²) in [6.07, 6.45) is 0.496. The first-order valence-corrected chi connectivity index (χ1v) is 10.2. The zero-order chi connectivity index (χ0) is 21.6. The maximum Gasteiger partial charge on any atom is 0.271 e. The van der Waals surface area contributed by atoms with Gasteiger partial charge in [0.15, 0.2) is 11.5 Å². The van der Waals surface area contributed by atoms with Gasteiger partial charge in [0.25, 0.3) is 5.91 Å². The van der Waals surface area contributed by atoms with Crippen LogP contribution < -0.4 is 14.9 Å². The van der Waals surface area contributed by atoms with Gasteiger partial charge in [0.05, 0.1) is 19.1 Å². The van der Waals surface area contributed by atoms with E-state index in [1.807, 2.05) is 12.1 Å². The molecular weight excluding hydrogens is 394 g/mol. The highest BCUT2D eigenvalue weighted by molar-refractivity contribution is 7.89. The molecule has 0 aromatic heterocycles. The number of rotatable bonds is 8. The topological polar surface area (TPSA) is 97.3 Å². The molecule has 1 N–H and O–H groups in total. The smallest absolute Gasteiger partial charge is 0.271 e. The molecule has 29 heavy (non-hydrogen) atoms. The number of hydrazone groups is 1. The van der Waals surface area contributed by atoms with E-state index in [0.29, 0.717) is 23.6 Å². The highest BCUT2D eigenvalue weighted by Crippen LogP contribution is 2.27. The number of hydrogen-bond donors (Lipinski definition) is 1. The van der Waals surface area contributed by atoms with Gasteiger partial charge in [0, 0.05) is 31.8 Å². The number of methoxy groups -OCH3 is 2. The van der Waals surface area contributed by atoms with Crippen molar-refractivity contribution in [3.8, 4) is 11.5 Å². The Morgan fingerprint density at radius 1 is 1.07 bits per heavy atom. The molecule has 2 rings (SSSR count). The van der Waals surface area contributed by atoms with Gasteiger partial charge in [-0.05, 0) is 42.8 Å². The van der Waals surface area contributed by atoms with E-state index in [-0.39, 0.29) is 10.5 Å². The highest BCUT2D eigenvalue weighted by atomic mass is 32.2. The normalized spacial score (nSPS) is 12.0. The van der Waals surface area contributed by atoms with Gasteiger partial charge in [-0.25, -0.2) is 18.1 Å². The Morgan fingerprint density at radius 3 is 2.38 bits per heavy atom. The standard InChI is InChI=1S/C20H25N3O5S/c1-14(11-15-9-10-18(27-4)19(12-15)28-5)21-22-20(24)16-7-6-8-17(13-16)29(25,26)23(2)3/h6-10,12-13H,11H2,1-5H3,(H,22,24)/b21-14-. The van der Waals surface area contributed by atoms with Crippen LogP contribution in [0.4, 0.5) is 0 Å². The van der Waals surface area contributed by atoms with Crippen molar-refractivity contribution in [2.45, 2.75) is 18.2 Å². The third-order valence-electron chi connectivity index (χ3n) is 4.13. The third kappa shape index (κ3) is 5.55. The van der Waals surface area contributed by atoms with E-state index in [9.17, 15) is 13.2 Å². The third-order valence-corrected chi connectivity index (χ3v) is 5.94. The van der Waals surface area contributed by atoms with Gasteiger partial charge >= 0.3 is 0 Å². The molecule has 0 bridgehead atoms. The van der Waals surface area contributed by atoms with Crippen molar-refractivity contribution in [1.82, 2.24) is 9.73 Å². The van der Waals surface area contributed by atoms with Crippen molar-refractivity contribution in [1.29, 1.82) is 0 Å². The van der Waals surface area contributed by atoms with E-state index in [1.54, 1.807) is 27.2 Å². The van der Waals surface area contributed by atoms with Crippen LogP contribution in [-0.4, -0.2) is 52.7 Å². The quantitative estimate of drug-likeness (QED) is 0.523. The van der Waals surface area contributed by atoms with E-state index < -0.39 is 15.9 Å². The predicted octanol–water partition coefficient (Wildman–Crippen LogP) is 2.30. The van der Waals surface area contributed by atoms with Gasteiger partial charge in [-0.2, -0.15) is 5.10 Å². The molecule has 0 fully saturated rings. The number of carbonyl (C=O) groups is 1. The zero-order valence-electron chi connectivity index (χ0n) is 17.1. The first-order valence-electron chi connectivity index (χ1n) is 8.76. The Kier molecular flexibility index (Phi) is 7.35. The molecule has 0 spiro atoms. The van der Waals surface area contributed by atoms with Crippen LogP contribution in [0.15, 0.2) is 52.5 Å². The van der Waals surface area contributed by atoms with Crippen molar-refractivity contribution in [2.75, 3.05) is 28.3 Å². The second-order valence-electron chi connectivity index (χ2n) is 6.47. The molecule has 2 aromatic carbocycles. The number of carbonyl (C=O) groups excluding carboxylic acids is 1. The number of amides is 1. The van der Waals surface area contributed by atoms with Gasteiger partial charge in [-0.3, -0.25) is 4.79 Å². The highest BCUT2D eigenvalue weighted by Gasteiger charge is 2.18. The molecule has 0 saturated heterocycles. The lowest BCUT2D eigenvalue weighted by molar-refractivity contribution is 0.0954.